The lowest BCUT2D eigenvalue weighted by Gasteiger charge is -2.07. The highest BCUT2D eigenvalue weighted by Gasteiger charge is 2.22. The van der Waals surface area contributed by atoms with E-state index < -0.39 is 24.3 Å². The fraction of sp³-hybridized carbons (Fsp3) is 0.385. The minimum absolute atomic E-state index is 0.258. The van der Waals surface area contributed by atoms with Crippen LogP contribution in [0.3, 0.4) is 0 Å². The Morgan fingerprint density at radius 1 is 1.29 bits per heavy atom. The molecule has 92 valence electrons. The zero-order chi connectivity index (χ0) is 12.7. The van der Waals surface area contributed by atoms with Crippen molar-refractivity contribution in [2.75, 3.05) is 6.61 Å². The summed E-state index contributed by atoms with van der Waals surface area (Å²) in [5.41, 5.74) is 0.265. The van der Waals surface area contributed by atoms with Gasteiger partial charge in [-0.2, -0.15) is 0 Å². The number of esters is 1. The van der Waals surface area contributed by atoms with Crippen molar-refractivity contribution in [3.63, 3.8) is 0 Å². The number of alkyl halides is 1. The molecule has 0 fully saturated rings. The molecule has 0 aliphatic heterocycles. The van der Waals surface area contributed by atoms with E-state index in [1.807, 2.05) is 6.92 Å². The summed E-state index contributed by atoms with van der Waals surface area (Å²) in [6, 6.07) is 8.05. The molecule has 0 radical (unpaired) electrons. The largest absolute Gasteiger partial charge is 0.465 e. The number of hydrogen-bond acceptors (Lipinski definition) is 3. The molecule has 0 saturated heterocycles. The van der Waals surface area contributed by atoms with Crippen LogP contribution in [0.1, 0.15) is 31.5 Å². The Balaban J connectivity index is 2.50. The summed E-state index contributed by atoms with van der Waals surface area (Å²) in [5, 5.41) is 0. The molecule has 1 aromatic carbocycles. The highest BCUT2D eigenvalue weighted by molar-refractivity contribution is 5.98. The average molecular weight is 238 g/mol. The number of rotatable bonds is 6. The van der Waals surface area contributed by atoms with Crippen molar-refractivity contribution < 1.29 is 18.7 Å². The standard InChI is InChI=1S/C13H15FO3/c1-2-8-17-12(16)9-11(15)13(14)10-6-4-3-5-7-10/h3-7,13H,2,8-9H2,1H3. The van der Waals surface area contributed by atoms with E-state index in [0.29, 0.717) is 6.42 Å². The van der Waals surface area contributed by atoms with Crippen LogP contribution in [-0.4, -0.2) is 18.4 Å². The van der Waals surface area contributed by atoms with Gasteiger partial charge in [-0.1, -0.05) is 37.3 Å². The van der Waals surface area contributed by atoms with E-state index in [1.54, 1.807) is 18.2 Å². The summed E-state index contributed by atoms with van der Waals surface area (Å²) in [5.74, 6) is -1.44. The van der Waals surface area contributed by atoms with E-state index in [4.69, 9.17) is 4.74 Å². The number of hydrogen-bond donors (Lipinski definition) is 0. The fourth-order valence-corrected chi connectivity index (χ4v) is 1.31. The maximum atomic E-state index is 13.7. The first-order valence-electron chi connectivity index (χ1n) is 5.52. The monoisotopic (exact) mass is 238 g/mol. The summed E-state index contributed by atoms with van der Waals surface area (Å²) in [6.07, 6.45) is -1.60. The van der Waals surface area contributed by atoms with Crippen LogP contribution in [-0.2, 0) is 14.3 Å². The van der Waals surface area contributed by atoms with Gasteiger partial charge < -0.3 is 4.74 Å². The summed E-state index contributed by atoms with van der Waals surface area (Å²) in [7, 11) is 0. The Hall–Kier alpha value is -1.71. The van der Waals surface area contributed by atoms with Gasteiger partial charge in [0.15, 0.2) is 12.0 Å². The fourth-order valence-electron chi connectivity index (χ4n) is 1.31. The number of Topliss-reactive ketones (excluding diaryl/α,β-unsaturated/α-hetero) is 1. The highest BCUT2D eigenvalue weighted by atomic mass is 19.1. The van der Waals surface area contributed by atoms with Crippen LogP contribution in [0.2, 0.25) is 0 Å². The summed E-state index contributed by atoms with van der Waals surface area (Å²) in [6.45, 7) is 2.10. The molecular weight excluding hydrogens is 223 g/mol. The van der Waals surface area contributed by atoms with Crippen molar-refractivity contribution in [2.45, 2.75) is 25.9 Å². The molecule has 0 N–H and O–H groups in total. The molecule has 4 heteroatoms. The smallest absolute Gasteiger partial charge is 0.313 e. The van der Waals surface area contributed by atoms with Crippen LogP contribution in [0.15, 0.2) is 30.3 Å². The summed E-state index contributed by atoms with van der Waals surface area (Å²) < 4.78 is 18.4. The number of halogens is 1. The molecule has 17 heavy (non-hydrogen) atoms. The summed E-state index contributed by atoms with van der Waals surface area (Å²) >= 11 is 0. The van der Waals surface area contributed by atoms with Gasteiger partial charge in [-0.25, -0.2) is 4.39 Å². The van der Waals surface area contributed by atoms with Crippen LogP contribution in [0.25, 0.3) is 0 Å². The Labute approximate surface area is 99.6 Å². The van der Waals surface area contributed by atoms with Gasteiger partial charge in [-0.3, -0.25) is 9.59 Å². The number of ether oxygens (including phenoxy) is 1. The van der Waals surface area contributed by atoms with Crippen molar-refractivity contribution in [1.82, 2.24) is 0 Å². The predicted molar refractivity (Wildman–Crippen MR) is 61.2 cm³/mol. The van der Waals surface area contributed by atoms with Gasteiger partial charge in [-0.05, 0) is 12.0 Å². The zero-order valence-electron chi connectivity index (χ0n) is 9.69. The van der Waals surface area contributed by atoms with Crippen LogP contribution in [0.4, 0.5) is 4.39 Å². The molecule has 0 spiro atoms. The Bertz CT molecular complexity index is 376. The first-order chi connectivity index (χ1) is 8.15. The Morgan fingerprint density at radius 2 is 1.94 bits per heavy atom. The van der Waals surface area contributed by atoms with E-state index in [9.17, 15) is 14.0 Å². The topological polar surface area (TPSA) is 43.4 Å². The second kappa shape index (κ2) is 6.78. The van der Waals surface area contributed by atoms with Gasteiger partial charge in [0.25, 0.3) is 0 Å². The van der Waals surface area contributed by atoms with E-state index in [0.717, 1.165) is 0 Å². The number of carbonyl (C=O) groups is 2. The molecule has 1 aromatic rings. The van der Waals surface area contributed by atoms with E-state index in [-0.39, 0.29) is 12.2 Å². The van der Waals surface area contributed by atoms with Crippen molar-refractivity contribution in [2.24, 2.45) is 0 Å². The summed E-state index contributed by atoms with van der Waals surface area (Å²) in [4.78, 5) is 22.6. The third kappa shape index (κ3) is 4.34. The first-order valence-corrected chi connectivity index (χ1v) is 5.52. The van der Waals surface area contributed by atoms with Crippen LogP contribution < -0.4 is 0 Å². The molecule has 0 saturated carbocycles. The van der Waals surface area contributed by atoms with Gasteiger partial charge in [0.05, 0.1) is 6.61 Å². The quantitative estimate of drug-likeness (QED) is 0.565. The predicted octanol–water partition coefficient (Wildman–Crippen LogP) is 2.61. The molecule has 1 atom stereocenters. The molecule has 0 bridgehead atoms. The van der Waals surface area contributed by atoms with Crippen LogP contribution in [0.5, 0.6) is 0 Å². The van der Waals surface area contributed by atoms with Crippen molar-refractivity contribution in [3.05, 3.63) is 35.9 Å². The van der Waals surface area contributed by atoms with Gasteiger partial charge >= 0.3 is 5.97 Å². The van der Waals surface area contributed by atoms with Gasteiger partial charge in [0.1, 0.15) is 6.42 Å². The molecule has 1 unspecified atom stereocenters. The van der Waals surface area contributed by atoms with E-state index in [2.05, 4.69) is 0 Å². The Kier molecular flexibility index (Phi) is 5.33. The number of ketones is 1. The van der Waals surface area contributed by atoms with E-state index >= 15 is 0 Å². The van der Waals surface area contributed by atoms with Crippen LogP contribution >= 0.6 is 0 Å². The molecule has 0 heterocycles. The lowest BCUT2D eigenvalue weighted by atomic mass is 10.1. The molecule has 0 aliphatic rings. The lowest BCUT2D eigenvalue weighted by molar-refractivity contribution is -0.147. The third-order valence-electron chi connectivity index (χ3n) is 2.16. The number of carbonyl (C=O) groups excluding carboxylic acids is 2. The van der Waals surface area contributed by atoms with E-state index in [1.165, 1.54) is 12.1 Å². The van der Waals surface area contributed by atoms with Gasteiger partial charge in [-0.15, -0.1) is 0 Å². The maximum absolute atomic E-state index is 13.7. The first kappa shape index (κ1) is 13.4. The zero-order valence-corrected chi connectivity index (χ0v) is 9.69. The number of benzene rings is 1. The van der Waals surface area contributed by atoms with Gasteiger partial charge in [0.2, 0.25) is 0 Å². The highest BCUT2D eigenvalue weighted by Crippen LogP contribution is 2.19. The van der Waals surface area contributed by atoms with Gasteiger partial charge in [0, 0.05) is 0 Å². The molecule has 0 aliphatic carbocycles. The van der Waals surface area contributed by atoms with Crippen molar-refractivity contribution >= 4 is 11.8 Å². The Morgan fingerprint density at radius 3 is 2.53 bits per heavy atom. The molecule has 1 rings (SSSR count). The SMILES string of the molecule is CCCOC(=O)CC(=O)C(F)c1ccccc1. The molecule has 0 amide bonds. The van der Waals surface area contributed by atoms with Crippen molar-refractivity contribution in [3.8, 4) is 0 Å². The molecular formula is C13H15FO3. The lowest BCUT2D eigenvalue weighted by Crippen LogP contribution is -2.16. The second-order valence-corrected chi connectivity index (χ2v) is 3.64. The van der Waals surface area contributed by atoms with Crippen molar-refractivity contribution in [1.29, 1.82) is 0 Å². The minimum atomic E-state index is -1.76. The second-order valence-electron chi connectivity index (χ2n) is 3.64. The third-order valence-corrected chi connectivity index (χ3v) is 2.16. The minimum Gasteiger partial charge on any atom is -0.465 e. The molecule has 0 aromatic heterocycles. The maximum Gasteiger partial charge on any atom is 0.313 e. The van der Waals surface area contributed by atoms with Crippen LogP contribution in [0, 0.1) is 0 Å². The average Bonchev–Trinajstić information content (AvgIpc) is 2.36. The molecule has 3 nitrogen and oxygen atoms in total. The normalized spacial score (nSPS) is 11.9.